The predicted molar refractivity (Wildman–Crippen MR) is 64.3 cm³/mol. The average Bonchev–Trinajstić information content (AvgIpc) is 2.32. The summed E-state index contributed by atoms with van der Waals surface area (Å²) < 4.78 is 22.5. The lowest BCUT2D eigenvalue weighted by atomic mass is 10.1. The Morgan fingerprint density at radius 3 is 2.50 bits per heavy atom. The molecule has 0 atom stereocenters. The zero-order valence-corrected chi connectivity index (χ0v) is 10.4. The maximum absolute atomic E-state index is 11.3. The van der Waals surface area contributed by atoms with Crippen LogP contribution in [0.5, 0.6) is 0 Å². The molecule has 0 spiro atoms. The molecule has 1 saturated heterocycles. The molecule has 0 aliphatic carbocycles. The molecule has 0 radical (unpaired) electrons. The van der Waals surface area contributed by atoms with Crippen LogP contribution in [-0.4, -0.2) is 47.0 Å². The fourth-order valence-corrected chi connectivity index (χ4v) is 3.32. The molecule has 7 nitrogen and oxygen atoms in total. The van der Waals surface area contributed by atoms with Gasteiger partial charge in [-0.05, 0) is 12.8 Å². The summed E-state index contributed by atoms with van der Waals surface area (Å²) >= 11 is 0. The lowest BCUT2D eigenvalue weighted by Crippen LogP contribution is -2.33. The summed E-state index contributed by atoms with van der Waals surface area (Å²) in [7, 11) is -2.93. The molecule has 1 fully saturated rings. The van der Waals surface area contributed by atoms with Crippen molar-refractivity contribution < 1.29 is 18.3 Å². The van der Waals surface area contributed by atoms with Crippen LogP contribution in [0, 0.1) is 0 Å². The normalized spacial score (nSPS) is 19.3. The third kappa shape index (κ3) is 2.95. The van der Waals surface area contributed by atoms with Crippen molar-refractivity contribution >= 4 is 21.6 Å². The van der Waals surface area contributed by atoms with Gasteiger partial charge in [-0.25, -0.2) is 23.2 Å². The SMILES string of the molecule is O=C(O)c1nccnc1NC1CCS(=O)(=O)CC1. The van der Waals surface area contributed by atoms with Crippen LogP contribution in [-0.2, 0) is 9.84 Å². The number of nitrogens with one attached hydrogen (secondary N) is 1. The molecule has 2 rings (SSSR count). The van der Waals surface area contributed by atoms with Crippen LogP contribution in [0.1, 0.15) is 23.3 Å². The van der Waals surface area contributed by atoms with Gasteiger partial charge in [-0.2, -0.15) is 0 Å². The topological polar surface area (TPSA) is 109 Å². The van der Waals surface area contributed by atoms with Gasteiger partial charge in [0.05, 0.1) is 11.5 Å². The highest BCUT2D eigenvalue weighted by Crippen LogP contribution is 2.18. The molecule has 2 heterocycles. The number of aromatic carboxylic acids is 1. The van der Waals surface area contributed by atoms with Crippen molar-refractivity contribution in [3.05, 3.63) is 18.1 Å². The second-order valence-corrected chi connectivity index (χ2v) is 6.43. The minimum Gasteiger partial charge on any atom is -0.476 e. The molecule has 1 aromatic heterocycles. The lowest BCUT2D eigenvalue weighted by Gasteiger charge is -2.23. The largest absolute Gasteiger partial charge is 0.476 e. The Bertz CT molecular complexity index is 544. The van der Waals surface area contributed by atoms with E-state index in [1.165, 1.54) is 12.4 Å². The predicted octanol–water partition coefficient (Wildman–Crippen LogP) is 0.164. The van der Waals surface area contributed by atoms with Crippen LogP contribution in [0.3, 0.4) is 0 Å². The molecule has 98 valence electrons. The van der Waals surface area contributed by atoms with Crippen molar-refractivity contribution in [2.45, 2.75) is 18.9 Å². The van der Waals surface area contributed by atoms with Crippen molar-refractivity contribution in [2.75, 3.05) is 16.8 Å². The molecule has 1 aliphatic heterocycles. The number of carbonyl (C=O) groups is 1. The number of carboxylic acid groups (broad SMARTS) is 1. The van der Waals surface area contributed by atoms with E-state index >= 15 is 0 Å². The molecular weight excluding hydrogens is 258 g/mol. The smallest absolute Gasteiger partial charge is 0.358 e. The van der Waals surface area contributed by atoms with Crippen LogP contribution in [0.4, 0.5) is 5.82 Å². The quantitative estimate of drug-likeness (QED) is 0.806. The van der Waals surface area contributed by atoms with Crippen LogP contribution >= 0.6 is 0 Å². The van der Waals surface area contributed by atoms with Crippen molar-refractivity contribution in [1.29, 1.82) is 0 Å². The summed E-state index contributed by atoms with van der Waals surface area (Å²) in [5.74, 6) is -0.732. The summed E-state index contributed by atoms with van der Waals surface area (Å²) in [6, 6.07) is -0.0803. The van der Waals surface area contributed by atoms with Crippen molar-refractivity contribution in [3.8, 4) is 0 Å². The van der Waals surface area contributed by atoms with E-state index in [4.69, 9.17) is 5.11 Å². The Morgan fingerprint density at radius 2 is 1.89 bits per heavy atom. The van der Waals surface area contributed by atoms with Gasteiger partial charge in [0, 0.05) is 18.4 Å². The Balaban J connectivity index is 2.09. The minimum absolute atomic E-state index is 0.0803. The van der Waals surface area contributed by atoms with E-state index in [9.17, 15) is 13.2 Å². The summed E-state index contributed by atoms with van der Waals surface area (Å²) in [4.78, 5) is 18.6. The molecule has 8 heteroatoms. The number of hydrogen-bond donors (Lipinski definition) is 2. The van der Waals surface area contributed by atoms with Crippen molar-refractivity contribution in [2.24, 2.45) is 0 Å². The number of anilines is 1. The molecule has 0 amide bonds. The number of carboxylic acids is 1. The summed E-state index contributed by atoms with van der Waals surface area (Å²) in [6.45, 7) is 0. The van der Waals surface area contributed by atoms with Crippen LogP contribution < -0.4 is 5.32 Å². The number of nitrogens with zero attached hydrogens (tertiary/aromatic N) is 2. The van der Waals surface area contributed by atoms with Crippen LogP contribution in [0.2, 0.25) is 0 Å². The Labute approximate surface area is 104 Å². The summed E-state index contributed by atoms with van der Waals surface area (Å²) in [6.07, 6.45) is 3.62. The standard InChI is InChI=1S/C10H13N3O4S/c14-10(15)8-9(12-4-3-11-8)13-7-1-5-18(16,17)6-2-7/h3-4,7H,1-2,5-6H2,(H,12,13)(H,14,15). The minimum atomic E-state index is -2.93. The lowest BCUT2D eigenvalue weighted by molar-refractivity contribution is 0.0691. The van der Waals surface area contributed by atoms with E-state index in [1.54, 1.807) is 0 Å². The van der Waals surface area contributed by atoms with E-state index in [2.05, 4.69) is 15.3 Å². The fraction of sp³-hybridized carbons (Fsp3) is 0.500. The van der Waals surface area contributed by atoms with E-state index in [0.717, 1.165) is 0 Å². The maximum Gasteiger partial charge on any atom is 0.358 e. The Hall–Kier alpha value is -1.70. The number of sulfone groups is 1. The van der Waals surface area contributed by atoms with Gasteiger partial charge < -0.3 is 10.4 Å². The van der Waals surface area contributed by atoms with Crippen molar-refractivity contribution in [3.63, 3.8) is 0 Å². The summed E-state index contributed by atoms with van der Waals surface area (Å²) in [5.41, 5.74) is -0.147. The van der Waals surface area contributed by atoms with Gasteiger partial charge in [0.1, 0.15) is 9.84 Å². The van der Waals surface area contributed by atoms with Crippen molar-refractivity contribution in [1.82, 2.24) is 9.97 Å². The highest BCUT2D eigenvalue weighted by atomic mass is 32.2. The van der Waals surface area contributed by atoms with Gasteiger partial charge in [0.2, 0.25) is 0 Å². The first-order chi connectivity index (χ1) is 8.48. The second-order valence-electron chi connectivity index (χ2n) is 4.13. The average molecular weight is 271 g/mol. The van der Waals surface area contributed by atoms with Gasteiger partial charge in [-0.1, -0.05) is 0 Å². The van der Waals surface area contributed by atoms with Gasteiger partial charge in [-0.15, -0.1) is 0 Å². The molecule has 0 saturated carbocycles. The molecule has 2 N–H and O–H groups in total. The molecule has 0 bridgehead atoms. The highest BCUT2D eigenvalue weighted by molar-refractivity contribution is 7.91. The fourth-order valence-electron chi connectivity index (χ4n) is 1.83. The molecular formula is C10H13N3O4S. The number of rotatable bonds is 3. The van der Waals surface area contributed by atoms with Gasteiger partial charge >= 0.3 is 5.97 Å². The van der Waals surface area contributed by atoms with Crippen LogP contribution in [0.25, 0.3) is 0 Å². The Kier molecular flexibility index (Phi) is 3.46. The Morgan fingerprint density at radius 1 is 1.28 bits per heavy atom. The molecule has 18 heavy (non-hydrogen) atoms. The first-order valence-corrected chi connectivity index (χ1v) is 7.31. The number of aromatic nitrogens is 2. The van der Waals surface area contributed by atoms with Gasteiger partial charge in [0.25, 0.3) is 0 Å². The third-order valence-corrected chi connectivity index (χ3v) is 4.51. The van der Waals surface area contributed by atoms with E-state index < -0.39 is 15.8 Å². The molecule has 0 aromatic carbocycles. The number of hydrogen-bond acceptors (Lipinski definition) is 6. The van der Waals surface area contributed by atoms with Gasteiger partial charge in [0.15, 0.2) is 11.5 Å². The van der Waals surface area contributed by atoms with E-state index in [1.807, 2.05) is 0 Å². The molecule has 1 aliphatic rings. The third-order valence-electron chi connectivity index (χ3n) is 2.80. The van der Waals surface area contributed by atoms with Gasteiger partial charge in [-0.3, -0.25) is 0 Å². The zero-order chi connectivity index (χ0) is 13.2. The monoisotopic (exact) mass is 271 g/mol. The highest BCUT2D eigenvalue weighted by Gasteiger charge is 2.25. The summed E-state index contributed by atoms with van der Waals surface area (Å²) in [5, 5.41) is 11.9. The van der Waals surface area contributed by atoms with Crippen LogP contribution in [0.15, 0.2) is 12.4 Å². The first kappa shape index (κ1) is 12.7. The van der Waals surface area contributed by atoms with E-state index in [-0.39, 0.29) is 29.1 Å². The second kappa shape index (κ2) is 4.89. The maximum atomic E-state index is 11.3. The molecule has 0 unspecified atom stereocenters. The zero-order valence-electron chi connectivity index (χ0n) is 9.54. The molecule has 1 aromatic rings. The first-order valence-electron chi connectivity index (χ1n) is 5.49. The van der Waals surface area contributed by atoms with E-state index in [0.29, 0.717) is 12.8 Å².